The fourth-order valence-electron chi connectivity index (χ4n) is 2.60. The van der Waals surface area contributed by atoms with E-state index in [1.165, 1.54) is 19.3 Å². The Balaban J connectivity index is 1.89. The lowest BCUT2D eigenvalue weighted by atomic mass is 9.79. The summed E-state index contributed by atoms with van der Waals surface area (Å²) in [6, 6.07) is 0. The average Bonchev–Trinajstić information content (AvgIpc) is 2.45. The third-order valence-corrected chi connectivity index (χ3v) is 3.74. The number of aliphatic hydroxyl groups is 1. The van der Waals surface area contributed by atoms with Gasteiger partial charge in [0.1, 0.15) is 11.6 Å². The molecule has 5 nitrogen and oxygen atoms in total. The molecule has 0 amide bonds. The lowest BCUT2D eigenvalue weighted by Crippen LogP contribution is -2.28. The number of hydrogen-bond donors (Lipinski definition) is 3. The van der Waals surface area contributed by atoms with E-state index in [4.69, 9.17) is 0 Å². The van der Waals surface area contributed by atoms with Gasteiger partial charge in [-0.25, -0.2) is 4.98 Å². The van der Waals surface area contributed by atoms with Crippen molar-refractivity contribution in [2.24, 2.45) is 11.8 Å². The predicted molar refractivity (Wildman–Crippen MR) is 72.6 cm³/mol. The van der Waals surface area contributed by atoms with Crippen molar-refractivity contribution in [3.63, 3.8) is 0 Å². The van der Waals surface area contributed by atoms with Gasteiger partial charge >= 0.3 is 0 Å². The highest BCUT2D eigenvalue weighted by atomic mass is 16.3. The van der Waals surface area contributed by atoms with Crippen LogP contribution in [-0.4, -0.2) is 35.3 Å². The number of nitrogens with one attached hydrogen (secondary N) is 2. The van der Waals surface area contributed by atoms with Gasteiger partial charge in [-0.2, -0.15) is 0 Å². The molecule has 1 fully saturated rings. The van der Waals surface area contributed by atoms with Crippen LogP contribution in [0.4, 0.5) is 11.6 Å². The molecule has 18 heavy (non-hydrogen) atoms. The Bertz CT molecular complexity index is 372. The highest BCUT2D eigenvalue weighted by Gasteiger charge is 2.24. The van der Waals surface area contributed by atoms with Crippen LogP contribution in [0.5, 0.6) is 0 Å². The van der Waals surface area contributed by atoms with Gasteiger partial charge < -0.3 is 15.7 Å². The van der Waals surface area contributed by atoms with Crippen LogP contribution in [0.25, 0.3) is 0 Å². The molecule has 0 spiro atoms. The molecule has 1 aromatic heterocycles. The first-order valence-corrected chi connectivity index (χ1v) is 6.68. The van der Waals surface area contributed by atoms with Crippen LogP contribution in [0.1, 0.15) is 25.7 Å². The number of hydrogen-bond acceptors (Lipinski definition) is 5. The second kappa shape index (κ2) is 6.54. The predicted octanol–water partition coefficient (Wildman–Crippen LogP) is 1.73. The molecular weight excluding hydrogens is 228 g/mol. The second-order valence-corrected chi connectivity index (χ2v) is 4.91. The monoisotopic (exact) mass is 250 g/mol. The third-order valence-electron chi connectivity index (χ3n) is 3.74. The van der Waals surface area contributed by atoms with E-state index in [1.54, 1.807) is 12.4 Å². The number of rotatable bonds is 5. The minimum atomic E-state index is 0.300. The molecule has 1 saturated carbocycles. The van der Waals surface area contributed by atoms with Crippen molar-refractivity contribution < 1.29 is 5.11 Å². The minimum Gasteiger partial charge on any atom is -0.396 e. The Morgan fingerprint density at radius 1 is 1.22 bits per heavy atom. The van der Waals surface area contributed by atoms with Gasteiger partial charge in [0.05, 0.1) is 12.4 Å². The van der Waals surface area contributed by atoms with Gasteiger partial charge in [-0.15, -0.1) is 0 Å². The fraction of sp³-hybridized carbons (Fsp3) is 0.692. The summed E-state index contributed by atoms with van der Waals surface area (Å²) >= 11 is 0. The molecule has 3 N–H and O–H groups in total. The Morgan fingerprint density at radius 2 is 1.94 bits per heavy atom. The average molecular weight is 250 g/mol. The molecule has 0 aromatic carbocycles. The Hall–Kier alpha value is -1.36. The third kappa shape index (κ3) is 3.32. The number of anilines is 2. The number of aliphatic hydroxyl groups excluding tert-OH is 1. The SMILES string of the molecule is CNc1cncc(NCC2CCCCC2CO)n1. The Labute approximate surface area is 108 Å². The van der Waals surface area contributed by atoms with Crippen molar-refractivity contribution in [2.45, 2.75) is 25.7 Å². The molecular formula is C13H22N4O. The topological polar surface area (TPSA) is 70.1 Å². The normalized spacial score (nSPS) is 23.7. The van der Waals surface area contributed by atoms with Gasteiger partial charge in [0.25, 0.3) is 0 Å². The quantitative estimate of drug-likeness (QED) is 0.742. The molecule has 0 aliphatic heterocycles. The largest absolute Gasteiger partial charge is 0.396 e. The summed E-state index contributed by atoms with van der Waals surface area (Å²) in [6.07, 6.45) is 8.28. The van der Waals surface area contributed by atoms with Gasteiger partial charge in [-0.05, 0) is 24.7 Å². The van der Waals surface area contributed by atoms with Gasteiger partial charge in [-0.1, -0.05) is 12.8 Å². The Kier molecular flexibility index (Phi) is 4.75. The van der Waals surface area contributed by atoms with Crippen LogP contribution in [-0.2, 0) is 0 Å². The summed E-state index contributed by atoms with van der Waals surface area (Å²) in [5.41, 5.74) is 0. The van der Waals surface area contributed by atoms with Crippen molar-refractivity contribution >= 4 is 11.6 Å². The van der Waals surface area contributed by atoms with Gasteiger partial charge in [-0.3, -0.25) is 4.98 Å². The highest BCUT2D eigenvalue weighted by molar-refractivity contribution is 5.40. The molecule has 100 valence electrons. The molecule has 1 aromatic rings. The molecule has 1 aliphatic carbocycles. The Morgan fingerprint density at radius 3 is 2.67 bits per heavy atom. The van der Waals surface area contributed by atoms with Gasteiger partial charge in [0.15, 0.2) is 0 Å². The molecule has 1 heterocycles. The van der Waals surface area contributed by atoms with Crippen molar-refractivity contribution in [2.75, 3.05) is 30.8 Å². The number of nitrogens with zero attached hydrogens (tertiary/aromatic N) is 2. The summed E-state index contributed by atoms with van der Waals surface area (Å²) in [5, 5.41) is 15.7. The number of aromatic nitrogens is 2. The maximum atomic E-state index is 9.38. The van der Waals surface area contributed by atoms with E-state index in [2.05, 4.69) is 20.6 Å². The highest BCUT2D eigenvalue weighted by Crippen LogP contribution is 2.29. The van der Waals surface area contributed by atoms with Crippen molar-refractivity contribution in [1.29, 1.82) is 0 Å². The van der Waals surface area contributed by atoms with E-state index in [1.807, 2.05) is 7.05 Å². The van der Waals surface area contributed by atoms with E-state index < -0.39 is 0 Å². The maximum absolute atomic E-state index is 9.38. The van der Waals surface area contributed by atoms with E-state index in [0.29, 0.717) is 18.4 Å². The van der Waals surface area contributed by atoms with Crippen LogP contribution in [0.3, 0.4) is 0 Å². The van der Waals surface area contributed by atoms with E-state index >= 15 is 0 Å². The molecule has 2 rings (SSSR count). The molecule has 0 bridgehead atoms. The van der Waals surface area contributed by atoms with Crippen LogP contribution >= 0.6 is 0 Å². The molecule has 2 unspecified atom stereocenters. The minimum absolute atomic E-state index is 0.300. The zero-order chi connectivity index (χ0) is 12.8. The molecule has 0 radical (unpaired) electrons. The summed E-state index contributed by atoms with van der Waals surface area (Å²) < 4.78 is 0. The lowest BCUT2D eigenvalue weighted by molar-refractivity contribution is 0.141. The molecule has 1 aliphatic rings. The zero-order valence-corrected chi connectivity index (χ0v) is 10.9. The zero-order valence-electron chi connectivity index (χ0n) is 10.9. The first-order chi connectivity index (χ1) is 8.83. The first kappa shape index (κ1) is 13.1. The van der Waals surface area contributed by atoms with Crippen LogP contribution < -0.4 is 10.6 Å². The smallest absolute Gasteiger partial charge is 0.146 e. The van der Waals surface area contributed by atoms with E-state index in [-0.39, 0.29) is 0 Å². The molecule has 0 saturated heterocycles. The summed E-state index contributed by atoms with van der Waals surface area (Å²) in [6.45, 7) is 1.17. The van der Waals surface area contributed by atoms with Crippen LogP contribution in [0, 0.1) is 11.8 Å². The summed E-state index contributed by atoms with van der Waals surface area (Å²) in [7, 11) is 1.83. The summed E-state index contributed by atoms with van der Waals surface area (Å²) in [5.74, 6) is 2.54. The van der Waals surface area contributed by atoms with Gasteiger partial charge in [0.2, 0.25) is 0 Å². The second-order valence-electron chi connectivity index (χ2n) is 4.91. The first-order valence-electron chi connectivity index (χ1n) is 6.68. The lowest BCUT2D eigenvalue weighted by Gasteiger charge is -2.30. The van der Waals surface area contributed by atoms with E-state index in [0.717, 1.165) is 24.6 Å². The standard InChI is InChI=1S/C13H22N4O/c1-14-12-7-15-8-13(17-12)16-6-10-4-2-3-5-11(10)9-18/h7-8,10-11,18H,2-6,9H2,1H3,(H2,14,16,17). The van der Waals surface area contributed by atoms with Crippen molar-refractivity contribution in [1.82, 2.24) is 9.97 Å². The summed E-state index contributed by atoms with van der Waals surface area (Å²) in [4.78, 5) is 8.50. The van der Waals surface area contributed by atoms with Crippen molar-refractivity contribution in [3.8, 4) is 0 Å². The van der Waals surface area contributed by atoms with E-state index in [9.17, 15) is 5.11 Å². The van der Waals surface area contributed by atoms with Crippen LogP contribution in [0.2, 0.25) is 0 Å². The fourth-order valence-corrected chi connectivity index (χ4v) is 2.60. The van der Waals surface area contributed by atoms with Crippen molar-refractivity contribution in [3.05, 3.63) is 12.4 Å². The maximum Gasteiger partial charge on any atom is 0.146 e. The molecule has 5 heteroatoms. The molecule has 2 atom stereocenters. The van der Waals surface area contributed by atoms with Crippen LogP contribution in [0.15, 0.2) is 12.4 Å². The van der Waals surface area contributed by atoms with Gasteiger partial charge in [0, 0.05) is 20.2 Å².